The minimum Gasteiger partial charge on any atom is -0.504 e. The van der Waals surface area contributed by atoms with Crippen molar-refractivity contribution in [1.82, 2.24) is 4.98 Å². The molecule has 0 atom stereocenters. The predicted molar refractivity (Wildman–Crippen MR) is 126 cm³/mol. The van der Waals surface area contributed by atoms with Crippen molar-refractivity contribution in [2.75, 3.05) is 31.2 Å². The first-order chi connectivity index (χ1) is 15.6. The summed E-state index contributed by atoms with van der Waals surface area (Å²) in [5.41, 5.74) is 2.69. The lowest BCUT2D eigenvalue weighted by atomic mass is 10.0. The summed E-state index contributed by atoms with van der Waals surface area (Å²) in [7, 11) is 0. The van der Waals surface area contributed by atoms with Crippen LogP contribution in [0.4, 0.5) is 5.69 Å². The van der Waals surface area contributed by atoms with Crippen LogP contribution in [0.15, 0.2) is 71.5 Å². The van der Waals surface area contributed by atoms with Gasteiger partial charge in [-0.3, -0.25) is 4.79 Å². The number of halogens is 1. The fraction of sp³-hybridized carbons (Fsp3) is 0.160. The van der Waals surface area contributed by atoms with Crippen LogP contribution in [0, 0.1) is 0 Å². The average molecular weight is 449 g/mol. The van der Waals surface area contributed by atoms with Crippen LogP contribution in [-0.4, -0.2) is 36.4 Å². The Hall–Kier alpha value is -3.48. The van der Waals surface area contributed by atoms with Gasteiger partial charge in [-0.05, 0) is 42.0 Å². The van der Waals surface area contributed by atoms with E-state index in [4.69, 9.17) is 21.1 Å². The van der Waals surface area contributed by atoms with Crippen molar-refractivity contribution in [2.45, 2.75) is 0 Å². The van der Waals surface area contributed by atoms with Gasteiger partial charge in [-0.1, -0.05) is 41.9 Å². The minimum absolute atomic E-state index is 0.153. The van der Waals surface area contributed by atoms with Crippen LogP contribution in [0.2, 0.25) is 5.02 Å². The summed E-state index contributed by atoms with van der Waals surface area (Å²) >= 11 is 6.54. The lowest BCUT2D eigenvalue weighted by Gasteiger charge is -2.29. The molecule has 1 aliphatic rings. The van der Waals surface area contributed by atoms with E-state index in [-0.39, 0.29) is 11.5 Å². The molecule has 3 aromatic carbocycles. The Morgan fingerprint density at radius 3 is 2.44 bits per heavy atom. The topological polar surface area (TPSA) is 74.8 Å². The Morgan fingerprint density at radius 1 is 1.00 bits per heavy atom. The number of morpholine rings is 1. The number of aromatic nitrogens is 1. The van der Waals surface area contributed by atoms with Gasteiger partial charge in [0.2, 0.25) is 5.75 Å². The molecule has 2 heterocycles. The summed E-state index contributed by atoms with van der Waals surface area (Å²) in [5, 5.41) is 11.8. The highest BCUT2D eigenvalue weighted by Gasteiger charge is 2.17. The highest BCUT2D eigenvalue weighted by atomic mass is 35.5. The first-order valence-electron chi connectivity index (χ1n) is 10.3. The van der Waals surface area contributed by atoms with Gasteiger partial charge >= 0.3 is 0 Å². The Labute approximate surface area is 189 Å². The molecule has 6 nitrogen and oxygen atoms in total. The van der Waals surface area contributed by atoms with E-state index in [1.165, 1.54) is 0 Å². The molecule has 1 saturated heterocycles. The number of nitrogens with one attached hydrogen (secondary N) is 1. The number of aromatic amines is 1. The van der Waals surface area contributed by atoms with E-state index in [1.54, 1.807) is 36.4 Å². The number of hydrogen-bond acceptors (Lipinski definition) is 5. The third-order valence-corrected chi connectivity index (χ3v) is 5.86. The fourth-order valence-electron chi connectivity index (χ4n) is 3.88. The number of para-hydroxylation sites is 1. The molecular weight excluding hydrogens is 428 g/mol. The minimum atomic E-state index is -0.530. The van der Waals surface area contributed by atoms with Crippen LogP contribution in [0.3, 0.4) is 0 Å². The maximum Gasteiger partial charge on any atom is 0.295 e. The predicted octanol–water partition coefficient (Wildman–Crippen LogP) is 5.18. The van der Waals surface area contributed by atoms with E-state index in [2.05, 4.69) is 22.0 Å². The van der Waals surface area contributed by atoms with E-state index in [0.717, 1.165) is 43.1 Å². The van der Waals surface area contributed by atoms with Gasteiger partial charge in [0.15, 0.2) is 5.75 Å². The lowest BCUT2D eigenvalue weighted by molar-refractivity contribution is 0.122. The Kier molecular flexibility index (Phi) is 5.47. The van der Waals surface area contributed by atoms with Gasteiger partial charge in [0, 0.05) is 29.7 Å². The Morgan fingerprint density at radius 2 is 1.72 bits per heavy atom. The van der Waals surface area contributed by atoms with Crippen molar-refractivity contribution in [3.63, 3.8) is 0 Å². The summed E-state index contributed by atoms with van der Waals surface area (Å²) in [6.07, 6.45) is 0. The van der Waals surface area contributed by atoms with E-state index >= 15 is 0 Å². The Bertz CT molecular complexity index is 1310. The summed E-state index contributed by atoms with van der Waals surface area (Å²) in [5.74, 6) is 0.0793. The van der Waals surface area contributed by atoms with Gasteiger partial charge in [-0.2, -0.15) is 0 Å². The molecule has 1 aliphatic heterocycles. The zero-order valence-corrected chi connectivity index (χ0v) is 17.9. The summed E-state index contributed by atoms with van der Waals surface area (Å²) < 4.78 is 11.1. The molecule has 4 aromatic rings. The van der Waals surface area contributed by atoms with Gasteiger partial charge in [-0.25, -0.2) is 0 Å². The second-order valence-electron chi connectivity index (χ2n) is 7.57. The third-order valence-electron chi connectivity index (χ3n) is 5.55. The van der Waals surface area contributed by atoms with Gasteiger partial charge < -0.3 is 24.5 Å². The first-order valence-corrected chi connectivity index (χ1v) is 10.7. The quantitative estimate of drug-likeness (QED) is 0.449. The summed E-state index contributed by atoms with van der Waals surface area (Å²) in [4.78, 5) is 17.5. The highest BCUT2D eigenvalue weighted by molar-refractivity contribution is 6.34. The number of rotatable bonds is 4. The van der Waals surface area contributed by atoms with Gasteiger partial charge in [0.1, 0.15) is 5.75 Å². The molecule has 1 fully saturated rings. The Balaban J connectivity index is 1.54. The van der Waals surface area contributed by atoms with Crippen LogP contribution in [0.25, 0.3) is 22.0 Å². The molecule has 0 radical (unpaired) electrons. The maximum atomic E-state index is 12.5. The average Bonchev–Trinajstić information content (AvgIpc) is 2.83. The number of hydrogen-bond donors (Lipinski definition) is 2. The van der Waals surface area contributed by atoms with Crippen molar-refractivity contribution in [1.29, 1.82) is 0 Å². The second-order valence-corrected chi connectivity index (χ2v) is 7.98. The molecule has 162 valence electrons. The molecule has 0 aliphatic carbocycles. The van der Waals surface area contributed by atoms with E-state index < -0.39 is 5.56 Å². The van der Waals surface area contributed by atoms with Crippen LogP contribution >= 0.6 is 11.6 Å². The van der Waals surface area contributed by atoms with Gasteiger partial charge in [0.25, 0.3) is 5.56 Å². The molecule has 0 spiro atoms. The van der Waals surface area contributed by atoms with E-state index in [0.29, 0.717) is 21.7 Å². The number of pyridine rings is 1. The SMILES string of the molecule is O=c1[nH]c2cc(Cl)c(-c3ccc(N4CCOCC4)cc3)cc2c(O)c1Oc1ccccc1. The van der Waals surface area contributed by atoms with Crippen molar-refractivity contribution in [3.05, 3.63) is 82.1 Å². The lowest BCUT2D eigenvalue weighted by Crippen LogP contribution is -2.36. The monoisotopic (exact) mass is 448 g/mol. The smallest absolute Gasteiger partial charge is 0.295 e. The van der Waals surface area contributed by atoms with Crippen LogP contribution in [0.5, 0.6) is 17.2 Å². The maximum absolute atomic E-state index is 12.5. The molecule has 0 unspecified atom stereocenters. The number of benzene rings is 3. The summed E-state index contributed by atoms with van der Waals surface area (Å²) in [6.45, 7) is 3.18. The molecule has 0 amide bonds. The molecule has 32 heavy (non-hydrogen) atoms. The zero-order valence-electron chi connectivity index (χ0n) is 17.2. The van der Waals surface area contributed by atoms with Gasteiger partial charge in [-0.15, -0.1) is 0 Å². The van der Waals surface area contributed by atoms with Crippen molar-refractivity contribution in [3.8, 4) is 28.4 Å². The molecule has 5 rings (SSSR count). The first kappa shape index (κ1) is 20.4. The van der Waals surface area contributed by atoms with Gasteiger partial charge in [0.05, 0.1) is 23.8 Å². The fourth-order valence-corrected chi connectivity index (χ4v) is 4.15. The number of aromatic hydroxyl groups is 1. The highest BCUT2D eigenvalue weighted by Crippen LogP contribution is 2.38. The van der Waals surface area contributed by atoms with E-state index in [9.17, 15) is 9.90 Å². The molecular formula is C25H21ClN2O4. The molecule has 0 bridgehead atoms. The normalized spacial score (nSPS) is 14.0. The van der Waals surface area contributed by atoms with Crippen molar-refractivity contribution >= 4 is 28.2 Å². The standard InChI is InChI=1S/C25H21ClN2O4/c26-21-15-22-20(23(29)24(25(30)27-22)32-18-4-2-1-3-5-18)14-19(21)16-6-8-17(9-7-16)28-10-12-31-13-11-28/h1-9,14-15H,10-13H2,(H2,27,29,30). The number of H-pyrrole nitrogens is 1. The molecule has 7 heteroatoms. The van der Waals surface area contributed by atoms with Crippen molar-refractivity contribution < 1.29 is 14.6 Å². The molecule has 1 aromatic heterocycles. The number of anilines is 1. The van der Waals surface area contributed by atoms with Crippen molar-refractivity contribution in [2.24, 2.45) is 0 Å². The summed E-state index contributed by atoms with van der Waals surface area (Å²) in [6, 6.07) is 20.4. The third kappa shape index (κ3) is 3.90. The largest absolute Gasteiger partial charge is 0.504 e. The van der Waals surface area contributed by atoms with E-state index in [1.807, 2.05) is 18.2 Å². The molecule has 0 saturated carbocycles. The number of nitrogens with zero attached hydrogens (tertiary/aromatic N) is 1. The van der Waals surface area contributed by atoms with Crippen LogP contribution in [0.1, 0.15) is 0 Å². The second kappa shape index (κ2) is 8.57. The molecule has 2 N–H and O–H groups in total. The van der Waals surface area contributed by atoms with Crippen LogP contribution < -0.4 is 15.2 Å². The van der Waals surface area contributed by atoms with Crippen LogP contribution in [-0.2, 0) is 4.74 Å². The number of ether oxygens (including phenoxy) is 2. The number of fused-ring (bicyclic) bond motifs is 1. The zero-order chi connectivity index (χ0) is 22.1.